The van der Waals surface area contributed by atoms with Crippen LogP contribution in [0.25, 0.3) is 0 Å². The summed E-state index contributed by atoms with van der Waals surface area (Å²) in [4.78, 5) is 15.7. The van der Waals surface area contributed by atoms with Gasteiger partial charge in [-0.15, -0.1) is 0 Å². The van der Waals surface area contributed by atoms with Crippen LogP contribution in [0.5, 0.6) is 5.75 Å². The smallest absolute Gasteiger partial charge is 0.260 e. The maximum Gasteiger partial charge on any atom is 0.260 e. The maximum atomic E-state index is 13.2. The summed E-state index contributed by atoms with van der Waals surface area (Å²) < 4.78 is 9.59. The summed E-state index contributed by atoms with van der Waals surface area (Å²) in [6, 6.07) is 12.2. The number of fused-ring (bicyclic) bond motifs is 1. The number of hydrogen-bond donors (Lipinski definition) is 1. The van der Waals surface area contributed by atoms with Crippen LogP contribution in [0.2, 0.25) is 5.02 Å². The molecule has 3 unspecified atom stereocenters. The fourth-order valence-corrected chi connectivity index (χ4v) is 6.53. The zero-order valence-electron chi connectivity index (χ0n) is 24.9. The van der Waals surface area contributed by atoms with Gasteiger partial charge in [-0.2, -0.15) is 0 Å². The third-order valence-electron chi connectivity index (χ3n) is 8.10. The number of nitrogens with zero attached hydrogens (tertiary/aromatic N) is 1. The van der Waals surface area contributed by atoms with Crippen LogP contribution in [0.15, 0.2) is 36.4 Å². The van der Waals surface area contributed by atoms with Crippen molar-refractivity contribution in [2.45, 2.75) is 91.2 Å². The number of amides is 1. The van der Waals surface area contributed by atoms with Gasteiger partial charge in [0.05, 0.1) is 12.3 Å². The first-order valence-electron chi connectivity index (χ1n) is 14.9. The van der Waals surface area contributed by atoms with Gasteiger partial charge in [0, 0.05) is 34.8 Å². The van der Waals surface area contributed by atoms with E-state index in [4.69, 9.17) is 16.3 Å². The molecule has 0 radical (unpaired) electrons. The third-order valence-corrected chi connectivity index (χ3v) is 10.2. The van der Waals surface area contributed by atoms with E-state index >= 15 is 0 Å². The number of anilines is 1. The van der Waals surface area contributed by atoms with Gasteiger partial charge >= 0.3 is 0 Å². The molecular weight excluding hydrogens is 524 g/mol. The molecule has 216 valence electrons. The fourth-order valence-electron chi connectivity index (χ4n) is 5.14. The monoisotopic (exact) mass is 572 g/mol. The Morgan fingerprint density at radius 3 is 2.56 bits per heavy atom. The number of carbonyl (C=O) groups is 1. The molecule has 39 heavy (non-hydrogen) atoms. The molecule has 0 spiro atoms. The molecule has 3 atom stereocenters. The lowest BCUT2D eigenvalue weighted by Crippen LogP contribution is -2.36. The van der Waals surface area contributed by atoms with E-state index in [1.54, 1.807) is 0 Å². The molecule has 2 aromatic rings. The molecule has 2 aliphatic rings. The molecule has 2 aromatic carbocycles. The molecule has 1 fully saturated rings. The van der Waals surface area contributed by atoms with Crippen molar-refractivity contribution in [2.24, 2.45) is 11.8 Å². The van der Waals surface area contributed by atoms with Crippen LogP contribution in [-0.4, -0.2) is 36.7 Å². The van der Waals surface area contributed by atoms with E-state index in [9.17, 15) is 4.79 Å². The highest BCUT2D eigenvalue weighted by Crippen LogP contribution is 2.39. The topological polar surface area (TPSA) is 41.6 Å². The van der Waals surface area contributed by atoms with Crippen LogP contribution in [0.1, 0.15) is 101 Å². The number of benzene rings is 2. The van der Waals surface area contributed by atoms with E-state index in [0.29, 0.717) is 29.3 Å². The molecule has 1 amide bonds. The van der Waals surface area contributed by atoms with E-state index in [1.165, 1.54) is 30.4 Å². The van der Waals surface area contributed by atoms with E-state index < -0.39 is 10.7 Å². The first-order valence-corrected chi connectivity index (χ1v) is 16.7. The zero-order valence-corrected chi connectivity index (χ0v) is 26.5. The van der Waals surface area contributed by atoms with Crippen LogP contribution in [0.4, 0.5) is 5.69 Å². The van der Waals surface area contributed by atoms with Gasteiger partial charge in [0.15, 0.2) is 0 Å². The Balaban J connectivity index is 0.00000205. The van der Waals surface area contributed by atoms with Crippen LogP contribution >= 0.6 is 22.3 Å². The quantitative estimate of drug-likeness (QED) is 0.289. The molecule has 1 aliphatic carbocycles. The summed E-state index contributed by atoms with van der Waals surface area (Å²) in [6.45, 7) is 15.2. The van der Waals surface area contributed by atoms with Crippen LogP contribution in [-0.2, 0) is 6.42 Å². The van der Waals surface area contributed by atoms with Crippen molar-refractivity contribution >= 4 is 39.7 Å². The summed E-state index contributed by atoms with van der Waals surface area (Å²) >= 11 is 6.40. The zero-order chi connectivity index (χ0) is 28.5. The lowest BCUT2D eigenvalue weighted by molar-refractivity contribution is 0.0984. The number of ether oxygens (including phenoxy) is 1. The SMILES string of the molecule is C=S(NC(=O)c1ccc2c(c1)N(CC1CCC1)CC(c1ccc(Cl)cc1CCCC)CO2)C(C)C(C)C.CC. The second kappa shape index (κ2) is 15.1. The van der Waals surface area contributed by atoms with E-state index in [0.717, 1.165) is 48.8 Å². The largest absolute Gasteiger partial charge is 0.491 e. The van der Waals surface area contributed by atoms with Crippen molar-refractivity contribution in [3.63, 3.8) is 0 Å². The Bertz CT molecular complexity index is 1110. The van der Waals surface area contributed by atoms with E-state index in [-0.39, 0.29) is 11.8 Å². The van der Waals surface area contributed by atoms with Gasteiger partial charge in [-0.25, -0.2) is 0 Å². The lowest BCUT2D eigenvalue weighted by atomic mass is 9.84. The van der Waals surface area contributed by atoms with Gasteiger partial charge in [0.2, 0.25) is 0 Å². The highest BCUT2D eigenvalue weighted by atomic mass is 35.5. The highest BCUT2D eigenvalue weighted by Gasteiger charge is 2.30. The molecule has 0 saturated heterocycles. The Labute approximate surface area is 244 Å². The normalized spacial score (nSPS) is 18.6. The van der Waals surface area contributed by atoms with Crippen molar-refractivity contribution in [3.8, 4) is 5.75 Å². The maximum absolute atomic E-state index is 13.2. The van der Waals surface area contributed by atoms with Crippen molar-refractivity contribution in [2.75, 3.05) is 24.6 Å². The number of aryl methyl sites for hydroxylation is 1. The molecule has 1 N–H and O–H groups in total. The molecule has 4 rings (SSSR count). The summed E-state index contributed by atoms with van der Waals surface area (Å²) in [5, 5.41) is 1.12. The molecule has 1 saturated carbocycles. The Hall–Kier alpha value is -1.98. The predicted octanol–water partition coefficient (Wildman–Crippen LogP) is 8.88. The van der Waals surface area contributed by atoms with Gasteiger partial charge in [-0.3, -0.25) is 4.79 Å². The minimum Gasteiger partial charge on any atom is -0.491 e. The van der Waals surface area contributed by atoms with Gasteiger partial charge in [-0.05, 0) is 79.0 Å². The fraction of sp³-hybridized carbons (Fsp3) is 0.576. The van der Waals surface area contributed by atoms with E-state index in [1.807, 2.05) is 38.1 Å². The van der Waals surface area contributed by atoms with Gasteiger partial charge in [0.25, 0.3) is 5.91 Å². The number of nitrogens with one attached hydrogen (secondary N) is 1. The third kappa shape index (κ3) is 8.27. The number of rotatable bonds is 10. The first kappa shape index (κ1) is 31.5. The van der Waals surface area contributed by atoms with Gasteiger partial charge in [-0.1, -0.05) is 88.6 Å². The highest BCUT2D eigenvalue weighted by molar-refractivity contribution is 8.13. The second-order valence-corrected chi connectivity index (χ2v) is 13.4. The average molecular weight is 573 g/mol. The van der Waals surface area contributed by atoms with Crippen molar-refractivity contribution < 1.29 is 9.53 Å². The molecular formula is C33H49ClN2O2S. The lowest BCUT2D eigenvalue weighted by Gasteiger charge is -2.35. The summed E-state index contributed by atoms with van der Waals surface area (Å²) in [7, 11) is -0.434. The number of carbonyl (C=O) groups excluding carboxylic acids is 1. The number of halogens is 1. The Kier molecular flexibility index (Phi) is 12.2. The average Bonchev–Trinajstić information content (AvgIpc) is 3.09. The van der Waals surface area contributed by atoms with Crippen LogP contribution in [0.3, 0.4) is 0 Å². The first-order chi connectivity index (χ1) is 18.8. The van der Waals surface area contributed by atoms with E-state index in [2.05, 4.69) is 55.3 Å². The molecule has 0 aromatic heterocycles. The number of unbranched alkanes of at least 4 members (excludes halogenated alkanes) is 1. The minimum atomic E-state index is -0.434. The minimum absolute atomic E-state index is 0.0578. The molecule has 1 aliphatic heterocycles. The van der Waals surface area contributed by atoms with Crippen molar-refractivity contribution in [3.05, 3.63) is 58.1 Å². The summed E-state index contributed by atoms with van der Waals surface area (Å²) in [5.74, 6) is 6.45. The molecule has 4 nitrogen and oxygen atoms in total. The molecule has 1 heterocycles. The van der Waals surface area contributed by atoms with Crippen molar-refractivity contribution in [1.82, 2.24) is 4.72 Å². The standard InChI is InChI=1S/C31H43ClN2O2S.C2H6/c1-6-7-11-24-16-27(32)13-14-28(24)26-19-34(18-23-9-8-10-23)29-17-25(12-15-30(29)36-20-26)31(35)33-37(5)22(4)21(2)3;1-2/h12-17,21-23,26H,5-11,18-20H2,1-4H3,(H,33,35);1-2H3. The van der Waals surface area contributed by atoms with Crippen LogP contribution in [0, 0.1) is 11.8 Å². The van der Waals surface area contributed by atoms with Gasteiger partial charge in [0.1, 0.15) is 5.75 Å². The second-order valence-electron chi connectivity index (χ2n) is 11.1. The predicted molar refractivity (Wildman–Crippen MR) is 172 cm³/mol. The summed E-state index contributed by atoms with van der Waals surface area (Å²) in [6.07, 6.45) is 7.20. The Morgan fingerprint density at radius 1 is 1.18 bits per heavy atom. The van der Waals surface area contributed by atoms with Gasteiger partial charge < -0.3 is 14.4 Å². The number of hydrogen-bond acceptors (Lipinski definition) is 3. The Morgan fingerprint density at radius 2 is 1.92 bits per heavy atom. The van der Waals surface area contributed by atoms with Crippen molar-refractivity contribution in [1.29, 1.82) is 0 Å². The summed E-state index contributed by atoms with van der Waals surface area (Å²) in [5.41, 5.74) is 4.38. The van der Waals surface area contributed by atoms with Crippen LogP contribution < -0.4 is 14.4 Å². The molecule has 6 heteroatoms. The molecule has 0 bridgehead atoms.